The largest absolute Gasteiger partial charge is 0.494 e. The smallest absolute Gasteiger partial charge is 0.262 e. The van der Waals surface area contributed by atoms with Crippen LogP contribution in [0, 0.1) is 4.77 Å². The van der Waals surface area contributed by atoms with Crippen LogP contribution in [0.15, 0.2) is 82.6 Å². The Morgan fingerprint density at radius 3 is 2.27 bits per heavy atom. The fourth-order valence-electron chi connectivity index (χ4n) is 3.72. The van der Waals surface area contributed by atoms with E-state index in [2.05, 4.69) is 4.98 Å². The van der Waals surface area contributed by atoms with Gasteiger partial charge in [0.15, 0.2) is 4.77 Å². The molecular formula is C25H15Cl2N3O2S. The second kappa shape index (κ2) is 8.48. The van der Waals surface area contributed by atoms with Crippen LogP contribution in [0.5, 0.6) is 5.88 Å². The average molecular weight is 492 g/mol. The van der Waals surface area contributed by atoms with E-state index in [1.54, 1.807) is 42.5 Å². The zero-order chi connectivity index (χ0) is 23.1. The lowest BCUT2D eigenvalue weighted by atomic mass is 9.96. The molecule has 0 saturated heterocycles. The van der Waals surface area contributed by atoms with Gasteiger partial charge in [-0.05, 0) is 60.8 Å². The summed E-state index contributed by atoms with van der Waals surface area (Å²) in [4.78, 5) is 20.3. The maximum absolute atomic E-state index is 12.9. The molecule has 1 aliphatic heterocycles. The number of aromatic amines is 1. The molecule has 162 valence electrons. The van der Waals surface area contributed by atoms with Gasteiger partial charge in [0.25, 0.3) is 5.56 Å². The van der Waals surface area contributed by atoms with Crippen LogP contribution in [0.4, 0.5) is 5.69 Å². The number of benzene rings is 3. The normalized spacial score (nSPS) is 13.8. The quantitative estimate of drug-likeness (QED) is 0.318. The Morgan fingerprint density at radius 2 is 1.58 bits per heavy atom. The molecule has 3 aromatic carbocycles. The minimum atomic E-state index is -0.505. The summed E-state index contributed by atoms with van der Waals surface area (Å²) in [5, 5.41) is 12.3. The summed E-state index contributed by atoms with van der Waals surface area (Å²) in [5.74, 6) is -0.279. The number of rotatable bonds is 3. The molecule has 0 atom stereocenters. The number of hydrogen-bond donors (Lipinski definition) is 2. The van der Waals surface area contributed by atoms with Gasteiger partial charge in [-0.3, -0.25) is 14.3 Å². The van der Waals surface area contributed by atoms with Gasteiger partial charge in [-0.2, -0.15) is 0 Å². The highest BCUT2D eigenvalue weighted by Crippen LogP contribution is 2.38. The molecule has 0 bridgehead atoms. The van der Waals surface area contributed by atoms with Crippen molar-refractivity contribution in [1.82, 2.24) is 9.55 Å². The molecular weight excluding hydrogens is 477 g/mol. The second-order valence-electron chi connectivity index (χ2n) is 7.35. The van der Waals surface area contributed by atoms with Crippen molar-refractivity contribution in [1.29, 1.82) is 0 Å². The molecule has 5 rings (SSSR count). The molecule has 1 aliphatic rings. The van der Waals surface area contributed by atoms with Gasteiger partial charge in [-0.15, -0.1) is 0 Å². The number of halogens is 2. The monoisotopic (exact) mass is 491 g/mol. The van der Waals surface area contributed by atoms with E-state index in [0.29, 0.717) is 27.0 Å². The molecule has 8 heteroatoms. The Labute approximate surface area is 203 Å². The molecule has 33 heavy (non-hydrogen) atoms. The van der Waals surface area contributed by atoms with Crippen molar-refractivity contribution in [3.8, 4) is 11.6 Å². The fourth-order valence-corrected chi connectivity index (χ4v) is 4.26. The van der Waals surface area contributed by atoms with E-state index in [-0.39, 0.29) is 16.2 Å². The Morgan fingerprint density at radius 1 is 0.939 bits per heavy atom. The predicted molar refractivity (Wildman–Crippen MR) is 136 cm³/mol. The van der Waals surface area contributed by atoms with Crippen LogP contribution in [0.3, 0.4) is 0 Å². The molecule has 0 unspecified atom stereocenters. The van der Waals surface area contributed by atoms with Gasteiger partial charge in [-0.25, -0.2) is 4.99 Å². The molecule has 0 fully saturated rings. The molecule has 0 saturated carbocycles. The van der Waals surface area contributed by atoms with Crippen LogP contribution < -0.4 is 5.56 Å². The van der Waals surface area contributed by atoms with E-state index < -0.39 is 5.56 Å². The van der Waals surface area contributed by atoms with Crippen molar-refractivity contribution in [3.05, 3.63) is 115 Å². The molecule has 0 spiro atoms. The molecule has 0 aliphatic carbocycles. The van der Waals surface area contributed by atoms with E-state index in [9.17, 15) is 9.90 Å². The lowest BCUT2D eigenvalue weighted by Gasteiger charge is -2.12. The number of nitrogens with zero attached hydrogens (tertiary/aromatic N) is 2. The zero-order valence-corrected chi connectivity index (χ0v) is 19.2. The first-order valence-electron chi connectivity index (χ1n) is 9.93. The average Bonchev–Trinajstić information content (AvgIpc) is 3.16. The number of aromatic hydroxyl groups is 1. The molecule has 5 nitrogen and oxygen atoms in total. The summed E-state index contributed by atoms with van der Waals surface area (Å²) in [5.41, 5.74) is 3.96. The minimum absolute atomic E-state index is 0.0620. The highest BCUT2D eigenvalue weighted by molar-refractivity contribution is 7.71. The third-order valence-corrected chi connectivity index (χ3v) is 6.08. The number of hydrogen-bond acceptors (Lipinski definition) is 4. The topological polar surface area (TPSA) is 70.4 Å². The fraction of sp³-hybridized carbons (Fsp3) is 0. The van der Waals surface area contributed by atoms with Gasteiger partial charge in [0, 0.05) is 26.7 Å². The number of para-hydroxylation sites is 1. The van der Waals surface area contributed by atoms with E-state index in [0.717, 1.165) is 16.8 Å². The van der Waals surface area contributed by atoms with Gasteiger partial charge < -0.3 is 5.11 Å². The Hall–Kier alpha value is -3.45. The first-order valence-corrected chi connectivity index (χ1v) is 11.1. The van der Waals surface area contributed by atoms with Crippen molar-refractivity contribution in [2.24, 2.45) is 4.99 Å². The molecule has 4 aromatic rings. The first-order chi connectivity index (χ1) is 15.9. The van der Waals surface area contributed by atoms with Gasteiger partial charge >= 0.3 is 0 Å². The van der Waals surface area contributed by atoms with Crippen molar-refractivity contribution in [3.63, 3.8) is 0 Å². The molecule has 2 N–H and O–H groups in total. The van der Waals surface area contributed by atoms with Gasteiger partial charge in [0.1, 0.15) is 5.56 Å². The number of fused-ring (bicyclic) bond motifs is 1. The Bertz CT molecular complexity index is 1570. The second-order valence-corrected chi connectivity index (χ2v) is 8.61. The van der Waals surface area contributed by atoms with Gasteiger partial charge in [0.2, 0.25) is 5.88 Å². The van der Waals surface area contributed by atoms with Gasteiger partial charge in [-0.1, -0.05) is 53.5 Å². The summed E-state index contributed by atoms with van der Waals surface area (Å²) < 4.78 is 1.46. The number of nitrogens with one attached hydrogen (secondary N) is 1. The van der Waals surface area contributed by atoms with Crippen LogP contribution in [0.2, 0.25) is 10.0 Å². The number of aliphatic imine (C=N–C) groups is 1. The van der Waals surface area contributed by atoms with E-state index in [4.69, 9.17) is 40.4 Å². The van der Waals surface area contributed by atoms with Crippen molar-refractivity contribution in [2.75, 3.05) is 0 Å². The van der Waals surface area contributed by atoms with Crippen molar-refractivity contribution in [2.45, 2.75) is 0 Å². The summed E-state index contributed by atoms with van der Waals surface area (Å²) in [6, 6.07) is 21.7. The molecule has 1 aromatic heterocycles. The summed E-state index contributed by atoms with van der Waals surface area (Å²) >= 11 is 17.4. The standard InChI is InChI=1S/C25H15Cl2N3O2S/c26-15-7-5-14(6-8-15)22-19(18-3-1-2-4-21(18)28-22)13-20-23(31)29-25(33)30(24(20)32)17-11-9-16(27)10-12-17/h1-13,32H,(H,29,31,33). The Kier molecular flexibility index (Phi) is 5.50. The van der Waals surface area contributed by atoms with Crippen LogP contribution in [-0.2, 0) is 0 Å². The minimum Gasteiger partial charge on any atom is -0.494 e. The predicted octanol–water partition coefficient (Wildman–Crippen LogP) is 6.58. The number of allylic oxidation sites excluding steroid dienone is 1. The van der Waals surface area contributed by atoms with Crippen LogP contribution >= 0.6 is 35.4 Å². The third kappa shape index (κ3) is 3.93. The number of H-pyrrole nitrogens is 1. The van der Waals surface area contributed by atoms with Crippen LogP contribution in [0.25, 0.3) is 17.3 Å². The maximum Gasteiger partial charge on any atom is 0.262 e. The summed E-state index contributed by atoms with van der Waals surface area (Å²) in [6.45, 7) is 0. The Balaban J connectivity index is 1.73. The molecule has 2 heterocycles. The highest BCUT2D eigenvalue weighted by atomic mass is 35.5. The number of aromatic nitrogens is 2. The van der Waals surface area contributed by atoms with E-state index in [1.807, 2.05) is 36.4 Å². The lowest BCUT2D eigenvalue weighted by molar-refractivity contribution is 0.432. The first kappa shape index (κ1) is 21.4. The van der Waals surface area contributed by atoms with E-state index in [1.165, 1.54) is 4.57 Å². The zero-order valence-electron chi connectivity index (χ0n) is 16.9. The SMILES string of the molecule is O=c1[nH]c(=S)n(-c2ccc(Cl)cc2)c(O)c1C=C1C(c2ccc(Cl)cc2)=Nc2ccccc21. The van der Waals surface area contributed by atoms with Crippen molar-refractivity contribution < 1.29 is 5.11 Å². The highest BCUT2D eigenvalue weighted by Gasteiger charge is 2.24. The maximum atomic E-state index is 12.9. The van der Waals surface area contributed by atoms with E-state index >= 15 is 0 Å². The van der Waals surface area contributed by atoms with Crippen LogP contribution in [-0.4, -0.2) is 20.4 Å². The molecule has 0 radical (unpaired) electrons. The third-order valence-electron chi connectivity index (χ3n) is 5.29. The molecule has 0 amide bonds. The lowest BCUT2D eigenvalue weighted by Crippen LogP contribution is -2.16. The van der Waals surface area contributed by atoms with Gasteiger partial charge in [0.05, 0.1) is 17.1 Å². The van der Waals surface area contributed by atoms with Crippen molar-refractivity contribution >= 4 is 58.5 Å². The summed E-state index contributed by atoms with van der Waals surface area (Å²) in [7, 11) is 0. The summed E-state index contributed by atoms with van der Waals surface area (Å²) in [6.07, 6.45) is 1.63. The van der Waals surface area contributed by atoms with Crippen LogP contribution in [0.1, 0.15) is 16.7 Å².